The van der Waals surface area contributed by atoms with Gasteiger partial charge in [-0.15, -0.1) is 5.10 Å². The third-order valence-electron chi connectivity index (χ3n) is 3.50. The normalized spacial score (nSPS) is 10.5. The van der Waals surface area contributed by atoms with Crippen LogP contribution in [-0.4, -0.2) is 31.1 Å². The number of nitrogens with one attached hydrogen (secondary N) is 1. The monoisotopic (exact) mass is 338 g/mol. The van der Waals surface area contributed by atoms with Crippen molar-refractivity contribution >= 4 is 11.7 Å². The van der Waals surface area contributed by atoms with E-state index in [1.165, 1.54) is 0 Å². The molecule has 8 heteroatoms. The summed E-state index contributed by atoms with van der Waals surface area (Å²) in [5, 5.41) is 14.2. The Labute approximate surface area is 144 Å². The van der Waals surface area contributed by atoms with E-state index < -0.39 is 0 Å². The van der Waals surface area contributed by atoms with Gasteiger partial charge in [0.25, 0.3) is 5.91 Å². The number of anilines is 1. The van der Waals surface area contributed by atoms with Crippen LogP contribution in [0.15, 0.2) is 42.5 Å². The second kappa shape index (κ2) is 7.52. The minimum absolute atomic E-state index is 0.228. The van der Waals surface area contributed by atoms with Gasteiger partial charge in [-0.05, 0) is 54.6 Å². The van der Waals surface area contributed by atoms with Gasteiger partial charge < -0.3 is 10.1 Å². The van der Waals surface area contributed by atoms with Gasteiger partial charge in [-0.2, -0.15) is 0 Å². The average molecular weight is 338 g/mol. The number of aryl methyl sites for hydroxylation is 2. The maximum atomic E-state index is 12.4. The molecule has 0 radical (unpaired) electrons. The first kappa shape index (κ1) is 16.6. The zero-order valence-electron chi connectivity index (χ0n) is 14.0. The molecule has 2 heterocycles. The Morgan fingerprint density at radius 1 is 1.24 bits per heavy atom. The molecular weight excluding hydrogens is 320 g/mol. The highest BCUT2D eigenvalue weighted by Gasteiger charge is 2.10. The molecule has 1 aromatic carbocycles. The molecule has 1 amide bonds. The number of hydrogen-bond acceptors (Lipinski definition) is 6. The Balaban J connectivity index is 1.67. The fourth-order valence-electron chi connectivity index (χ4n) is 2.25. The van der Waals surface area contributed by atoms with Crippen molar-refractivity contribution in [3.63, 3.8) is 0 Å². The van der Waals surface area contributed by atoms with Crippen LogP contribution in [0, 0.1) is 6.92 Å². The third-order valence-corrected chi connectivity index (χ3v) is 3.50. The van der Waals surface area contributed by atoms with Gasteiger partial charge in [-0.25, -0.2) is 9.67 Å². The predicted octanol–water partition coefficient (Wildman–Crippen LogP) is 2.23. The van der Waals surface area contributed by atoms with Crippen LogP contribution in [0.25, 0.3) is 0 Å². The van der Waals surface area contributed by atoms with Gasteiger partial charge in [0.15, 0.2) is 5.82 Å². The van der Waals surface area contributed by atoms with Gasteiger partial charge in [0.05, 0.1) is 0 Å². The Kier molecular flexibility index (Phi) is 4.98. The largest absolute Gasteiger partial charge is 0.486 e. The SMILES string of the molecule is CCn1nnnc1COc1cccc(C(=O)Nc2cccc(C)n2)c1. The smallest absolute Gasteiger partial charge is 0.256 e. The average Bonchev–Trinajstić information content (AvgIpc) is 3.08. The molecule has 0 saturated heterocycles. The number of aromatic nitrogens is 5. The van der Waals surface area contributed by atoms with E-state index in [0.29, 0.717) is 29.5 Å². The molecule has 0 aliphatic heterocycles. The van der Waals surface area contributed by atoms with Gasteiger partial charge in [-0.3, -0.25) is 4.79 Å². The van der Waals surface area contributed by atoms with Crippen molar-refractivity contribution in [3.8, 4) is 5.75 Å². The lowest BCUT2D eigenvalue weighted by Crippen LogP contribution is -2.13. The molecule has 128 valence electrons. The lowest BCUT2D eigenvalue weighted by molar-refractivity contribution is 0.102. The topological polar surface area (TPSA) is 94.8 Å². The first-order chi connectivity index (χ1) is 12.2. The standard InChI is InChI=1S/C17H18N6O2/c1-3-23-16(20-21-22-23)11-25-14-8-5-7-13(10-14)17(24)19-15-9-4-6-12(2)18-15/h4-10H,3,11H2,1-2H3,(H,18,19,24). The number of tetrazole rings is 1. The molecule has 8 nitrogen and oxygen atoms in total. The van der Waals surface area contributed by atoms with Crippen LogP contribution >= 0.6 is 0 Å². The van der Waals surface area contributed by atoms with Crippen molar-refractivity contribution in [2.45, 2.75) is 27.0 Å². The number of benzene rings is 1. The quantitative estimate of drug-likeness (QED) is 0.740. The summed E-state index contributed by atoms with van der Waals surface area (Å²) >= 11 is 0. The number of pyridine rings is 1. The first-order valence-corrected chi connectivity index (χ1v) is 7.88. The van der Waals surface area contributed by atoms with E-state index in [0.717, 1.165) is 5.69 Å². The van der Waals surface area contributed by atoms with E-state index in [1.807, 2.05) is 26.0 Å². The Morgan fingerprint density at radius 2 is 2.08 bits per heavy atom. The fourth-order valence-corrected chi connectivity index (χ4v) is 2.25. The van der Waals surface area contributed by atoms with E-state index >= 15 is 0 Å². The lowest BCUT2D eigenvalue weighted by atomic mass is 10.2. The Hall–Kier alpha value is -3.29. The number of nitrogens with zero attached hydrogens (tertiary/aromatic N) is 5. The lowest BCUT2D eigenvalue weighted by Gasteiger charge is -2.08. The summed E-state index contributed by atoms with van der Waals surface area (Å²) in [5.41, 5.74) is 1.32. The highest BCUT2D eigenvalue weighted by atomic mass is 16.5. The highest BCUT2D eigenvalue weighted by Crippen LogP contribution is 2.16. The highest BCUT2D eigenvalue weighted by molar-refractivity contribution is 6.03. The number of hydrogen-bond donors (Lipinski definition) is 1. The van der Waals surface area contributed by atoms with E-state index in [2.05, 4.69) is 25.8 Å². The van der Waals surface area contributed by atoms with Gasteiger partial charge in [0.2, 0.25) is 0 Å². The van der Waals surface area contributed by atoms with E-state index in [1.54, 1.807) is 35.0 Å². The van der Waals surface area contributed by atoms with Crippen molar-refractivity contribution < 1.29 is 9.53 Å². The van der Waals surface area contributed by atoms with Gasteiger partial charge in [0, 0.05) is 17.8 Å². The summed E-state index contributed by atoms with van der Waals surface area (Å²) in [6.07, 6.45) is 0. The maximum Gasteiger partial charge on any atom is 0.256 e. The number of amides is 1. The van der Waals surface area contributed by atoms with Crippen LogP contribution in [0.2, 0.25) is 0 Å². The molecule has 2 aromatic heterocycles. The van der Waals surface area contributed by atoms with E-state index in [-0.39, 0.29) is 12.5 Å². The molecule has 0 aliphatic rings. The summed E-state index contributed by atoms with van der Waals surface area (Å²) in [7, 11) is 0. The van der Waals surface area contributed by atoms with E-state index in [9.17, 15) is 4.79 Å². The number of ether oxygens (including phenoxy) is 1. The molecule has 0 saturated carbocycles. The minimum Gasteiger partial charge on any atom is -0.486 e. The summed E-state index contributed by atoms with van der Waals surface area (Å²) in [5.74, 6) is 1.46. The van der Waals surface area contributed by atoms with Crippen LogP contribution in [0.5, 0.6) is 5.75 Å². The third kappa shape index (κ3) is 4.17. The predicted molar refractivity (Wildman–Crippen MR) is 91.2 cm³/mol. The molecule has 0 bridgehead atoms. The zero-order valence-corrected chi connectivity index (χ0v) is 14.0. The Morgan fingerprint density at radius 3 is 2.88 bits per heavy atom. The van der Waals surface area contributed by atoms with Crippen molar-refractivity contribution in [3.05, 3.63) is 59.5 Å². The van der Waals surface area contributed by atoms with Gasteiger partial charge in [-0.1, -0.05) is 12.1 Å². The van der Waals surface area contributed by atoms with Crippen molar-refractivity contribution in [1.82, 2.24) is 25.2 Å². The summed E-state index contributed by atoms with van der Waals surface area (Å²) < 4.78 is 7.35. The molecule has 0 aliphatic carbocycles. The van der Waals surface area contributed by atoms with Crippen LogP contribution < -0.4 is 10.1 Å². The molecule has 0 atom stereocenters. The van der Waals surface area contributed by atoms with Crippen LogP contribution in [0.3, 0.4) is 0 Å². The summed E-state index contributed by atoms with van der Waals surface area (Å²) in [6, 6.07) is 12.4. The number of carbonyl (C=O) groups is 1. The van der Waals surface area contributed by atoms with Crippen LogP contribution in [0.1, 0.15) is 28.8 Å². The maximum absolute atomic E-state index is 12.4. The second-order valence-electron chi connectivity index (χ2n) is 5.35. The fraction of sp³-hybridized carbons (Fsp3) is 0.235. The van der Waals surface area contributed by atoms with Crippen LogP contribution in [-0.2, 0) is 13.2 Å². The molecule has 0 unspecified atom stereocenters. The molecular formula is C17H18N6O2. The van der Waals surface area contributed by atoms with Crippen molar-refractivity contribution in [1.29, 1.82) is 0 Å². The molecule has 1 N–H and O–H groups in total. The van der Waals surface area contributed by atoms with Crippen LogP contribution in [0.4, 0.5) is 5.82 Å². The summed E-state index contributed by atoms with van der Waals surface area (Å²) in [4.78, 5) is 16.6. The van der Waals surface area contributed by atoms with Gasteiger partial charge >= 0.3 is 0 Å². The molecule has 3 rings (SSSR count). The van der Waals surface area contributed by atoms with Gasteiger partial charge in [0.1, 0.15) is 18.2 Å². The Bertz CT molecular complexity index is 877. The molecule has 0 fully saturated rings. The second-order valence-corrected chi connectivity index (χ2v) is 5.35. The summed E-state index contributed by atoms with van der Waals surface area (Å²) in [6.45, 7) is 4.71. The number of carbonyl (C=O) groups excluding carboxylic acids is 1. The van der Waals surface area contributed by atoms with Crippen molar-refractivity contribution in [2.75, 3.05) is 5.32 Å². The van der Waals surface area contributed by atoms with Crippen molar-refractivity contribution in [2.24, 2.45) is 0 Å². The first-order valence-electron chi connectivity index (χ1n) is 7.88. The minimum atomic E-state index is -0.248. The number of rotatable bonds is 6. The molecule has 25 heavy (non-hydrogen) atoms. The van der Waals surface area contributed by atoms with E-state index in [4.69, 9.17) is 4.74 Å². The molecule has 3 aromatic rings. The zero-order chi connectivity index (χ0) is 17.6. The molecule has 0 spiro atoms.